The summed E-state index contributed by atoms with van der Waals surface area (Å²) in [7, 11) is 1.71. The summed E-state index contributed by atoms with van der Waals surface area (Å²) < 4.78 is 12.0. The van der Waals surface area contributed by atoms with Crippen LogP contribution in [0.1, 0.15) is 35.6 Å². The monoisotopic (exact) mass is 401 g/mol. The average Bonchev–Trinajstić information content (AvgIpc) is 2.83. The predicted octanol–water partition coefficient (Wildman–Crippen LogP) is 5.51. The standard InChI is InChI=1S/C27H31NO2/c1-29-25-16-14-22(15-17-25)18-20-28-19-8-13-26(21-28)30-27(23-9-4-2-5-10-23)24-11-6-3-7-12-24/h2-7,9-12,14-17,26-27H,8,13,18-21H2,1H3/t26-/m1/s1. The summed E-state index contributed by atoms with van der Waals surface area (Å²) in [6.07, 6.45) is 3.59. The van der Waals surface area contributed by atoms with Gasteiger partial charge in [-0.15, -0.1) is 0 Å². The topological polar surface area (TPSA) is 21.7 Å². The quantitative estimate of drug-likeness (QED) is 0.497. The molecule has 1 fully saturated rings. The SMILES string of the molecule is COc1ccc(CCN2CCC[C@@H](OC(c3ccccc3)c3ccccc3)C2)cc1. The second kappa shape index (κ2) is 10.4. The van der Waals surface area contributed by atoms with Gasteiger partial charge in [-0.05, 0) is 54.6 Å². The number of benzene rings is 3. The Morgan fingerprint density at radius 1 is 0.867 bits per heavy atom. The first-order chi connectivity index (χ1) is 14.8. The third-order valence-corrected chi connectivity index (χ3v) is 5.87. The van der Waals surface area contributed by atoms with Gasteiger partial charge in [0.1, 0.15) is 11.9 Å². The van der Waals surface area contributed by atoms with Crippen LogP contribution < -0.4 is 4.74 Å². The summed E-state index contributed by atoms with van der Waals surface area (Å²) in [6, 6.07) is 29.6. The Morgan fingerprint density at radius 2 is 1.50 bits per heavy atom. The minimum Gasteiger partial charge on any atom is -0.497 e. The second-order valence-electron chi connectivity index (χ2n) is 8.00. The van der Waals surface area contributed by atoms with E-state index in [0.29, 0.717) is 0 Å². The zero-order chi connectivity index (χ0) is 20.6. The molecule has 0 unspecified atom stereocenters. The molecule has 3 nitrogen and oxygen atoms in total. The highest BCUT2D eigenvalue weighted by Gasteiger charge is 2.25. The smallest absolute Gasteiger partial charge is 0.118 e. The lowest BCUT2D eigenvalue weighted by Crippen LogP contribution is -2.41. The van der Waals surface area contributed by atoms with E-state index in [4.69, 9.17) is 9.47 Å². The van der Waals surface area contributed by atoms with Crippen molar-refractivity contribution in [1.29, 1.82) is 0 Å². The van der Waals surface area contributed by atoms with E-state index in [1.165, 1.54) is 23.1 Å². The molecule has 1 atom stereocenters. The van der Waals surface area contributed by atoms with Crippen molar-refractivity contribution in [1.82, 2.24) is 4.90 Å². The molecule has 3 heteroatoms. The van der Waals surface area contributed by atoms with Crippen LogP contribution in [0.5, 0.6) is 5.75 Å². The molecule has 3 aromatic carbocycles. The summed E-state index contributed by atoms with van der Waals surface area (Å²) in [5, 5.41) is 0. The lowest BCUT2D eigenvalue weighted by atomic mass is 10.00. The highest BCUT2D eigenvalue weighted by molar-refractivity contribution is 5.30. The number of piperidine rings is 1. The number of nitrogens with zero attached hydrogens (tertiary/aromatic N) is 1. The van der Waals surface area contributed by atoms with Gasteiger partial charge in [-0.2, -0.15) is 0 Å². The number of methoxy groups -OCH3 is 1. The molecule has 1 aliphatic rings. The van der Waals surface area contributed by atoms with Crippen LogP contribution in [-0.2, 0) is 11.2 Å². The van der Waals surface area contributed by atoms with E-state index in [0.717, 1.165) is 38.2 Å². The van der Waals surface area contributed by atoms with Crippen molar-refractivity contribution in [2.24, 2.45) is 0 Å². The number of hydrogen-bond acceptors (Lipinski definition) is 3. The average molecular weight is 402 g/mol. The highest BCUT2D eigenvalue weighted by Crippen LogP contribution is 2.29. The lowest BCUT2D eigenvalue weighted by molar-refractivity contribution is -0.0330. The van der Waals surface area contributed by atoms with Crippen molar-refractivity contribution in [2.45, 2.75) is 31.5 Å². The van der Waals surface area contributed by atoms with Gasteiger partial charge in [0.05, 0.1) is 13.2 Å². The first-order valence-electron chi connectivity index (χ1n) is 10.9. The van der Waals surface area contributed by atoms with Crippen LogP contribution >= 0.6 is 0 Å². The Balaban J connectivity index is 1.39. The first-order valence-corrected chi connectivity index (χ1v) is 10.9. The minimum absolute atomic E-state index is 0.0149. The zero-order valence-corrected chi connectivity index (χ0v) is 17.7. The predicted molar refractivity (Wildman–Crippen MR) is 122 cm³/mol. The highest BCUT2D eigenvalue weighted by atomic mass is 16.5. The summed E-state index contributed by atoms with van der Waals surface area (Å²) in [4.78, 5) is 2.55. The Morgan fingerprint density at radius 3 is 2.10 bits per heavy atom. The summed E-state index contributed by atoms with van der Waals surface area (Å²) in [6.45, 7) is 3.21. The summed E-state index contributed by atoms with van der Waals surface area (Å²) in [5.41, 5.74) is 3.79. The molecule has 0 aliphatic carbocycles. The third-order valence-electron chi connectivity index (χ3n) is 5.87. The molecule has 4 rings (SSSR count). The van der Waals surface area contributed by atoms with Gasteiger partial charge in [-0.25, -0.2) is 0 Å². The molecule has 0 bridgehead atoms. The Hall–Kier alpha value is -2.62. The van der Waals surface area contributed by atoms with Gasteiger partial charge in [0.15, 0.2) is 0 Å². The zero-order valence-electron chi connectivity index (χ0n) is 17.7. The molecular weight excluding hydrogens is 370 g/mol. The largest absolute Gasteiger partial charge is 0.497 e. The molecule has 0 amide bonds. The maximum absolute atomic E-state index is 6.72. The van der Waals surface area contributed by atoms with Crippen LogP contribution in [0.25, 0.3) is 0 Å². The molecule has 1 heterocycles. The molecule has 0 aromatic heterocycles. The van der Waals surface area contributed by atoms with Crippen LogP contribution in [0.4, 0.5) is 0 Å². The fourth-order valence-electron chi connectivity index (χ4n) is 4.20. The van der Waals surface area contributed by atoms with E-state index >= 15 is 0 Å². The minimum atomic E-state index is -0.0149. The van der Waals surface area contributed by atoms with Crippen LogP contribution in [0, 0.1) is 0 Å². The molecule has 3 aromatic rings. The van der Waals surface area contributed by atoms with Gasteiger partial charge in [0.2, 0.25) is 0 Å². The van der Waals surface area contributed by atoms with Crippen LogP contribution in [-0.4, -0.2) is 37.7 Å². The van der Waals surface area contributed by atoms with Gasteiger partial charge in [-0.1, -0.05) is 72.8 Å². The molecule has 0 N–H and O–H groups in total. The molecule has 0 saturated carbocycles. The van der Waals surface area contributed by atoms with Gasteiger partial charge >= 0.3 is 0 Å². The molecule has 156 valence electrons. The fraction of sp³-hybridized carbons (Fsp3) is 0.333. The molecular formula is C27H31NO2. The Kier molecular flexibility index (Phi) is 7.17. The van der Waals surface area contributed by atoms with Crippen LogP contribution in [0.2, 0.25) is 0 Å². The lowest BCUT2D eigenvalue weighted by Gasteiger charge is -2.35. The van der Waals surface area contributed by atoms with Gasteiger partial charge in [0, 0.05) is 13.1 Å². The Bertz CT molecular complexity index is 840. The van der Waals surface area contributed by atoms with Gasteiger partial charge in [0.25, 0.3) is 0 Å². The number of ether oxygens (including phenoxy) is 2. The van der Waals surface area contributed by atoms with Gasteiger partial charge < -0.3 is 14.4 Å². The normalized spacial score (nSPS) is 17.2. The number of hydrogen-bond donors (Lipinski definition) is 0. The molecule has 0 spiro atoms. The maximum atomic E-state index is 6.72. The van der Waals surface area contributed by atoms with E-state index in [9.17, 15) is 0 Å². The Labute approximate surface area is 180 Å². The number of rotatable bonds is 8. The van der Waals surface area contributed by atoms with Crippen molar-refractivity contribution in [3.63, 3.8) is 0 Å². The molecule has 1 aliphatic heterocycles. The number of likely N-dealkylation sites (tertiary alicyclic amines) is 1. The van der Waals surface area contributed by atoms with E-state index in [2.05, 4.69) is 77.7 Å². The van der Waals surface area contributed by atoms with Crippen molar-refractivity contribution >= 4 is 0 Å². The van der Waals surface area contributed by atoms with Crippen molar-refractivity contribution in [2.75, 3.05) is 26.7 Å². The van der Waals surface area contributed by atoms with E-state index < -0.39 is 0 Å². The van der Waals surface area contributed by atoms with E-state index in [1.54, 1.807) is 7.11 Å². The third kappa shape index (κ3) is 5.50. The second-order valence-corrected chi connectivity index (χ2v) is 8.00. The fourth-order valence-corrected chi connectivity index (χ4v) is 4.20. The summed E-state index contributed by atoms with van der Waals surface area (Å²) in [5.74, 6) is 0.915. The van der Waals surface area contributed by atoms with E-state index in [1.807, 2.05) is 12.1 Å². The van der Waals surface area contributed by atoms with Crippen LogP contribution in [0.3, 0.4) is 0 Å². The maximum Gasteiger partial charge on any atom is 0.118 e. The van der Waals surface area contributed by atoms with Gasteiger partial charge in [-0.3, -0.25) is 0 Å². The van der Waals surface area contributed by atoms with Crippen molar-refractivity contribution in [3.05, 3.63) is 102 Å². The first kappa shape index (κ1) is 20.6. The summed E-state index contributed by atoms with van der Waals surface area (Å²) >= 11 is 0. The van der Waals surface area contributed by atoms with Crippen LogP contribution in [0.15, 0.2) is 84.9 Å². The van der Waals surface area contributed by atoms with Crippen molar-refractivity contribution in [3.8, 4) is 5.75 Å². The van der Waals surface area contributed by atoms with Crippen molar-refractivity contribution < 1.29 is 9.47 Å². The van der Waals surface area contributed by atoms with E-state index in [-0.39, 0.29) is 12.2 Å². The molecule has 0 radical (unpaired) electrons. The molecule has 30 heavy (non-hydrogen) atoms. The molecule has 1 saturated heterocycles.